The lowest BCUT2D eigenvalue weighted by molar-refractivity contribution is 0.0955. The van der Waals surface area contributed by atoms with Crippen molar-refractivity contribution in [1.82, 2.24) is 5.32 Å². The van der Waals surface area contributed by atoms with Crippen LogP contribution in [-0.4, -0.2) is 25.0 Å². The summed E-state index contributed by atoms with van der Waals surface area (Å²) in [5.41, 5.74) is 8.49. The van der Waals surface area contributed by atoms with E-state index in [0.717, 1.165) is 11.3 Å². The van der Waals surface area contributed by atoms with Crippen molar-refractivity contribution in [3.05, 3.63) is 65.7 Å². The molecular weight excluding hydrogens is 276 g/mol. The molecule has 0 aliphatic rings. The third-order valence-electron chi connectivity index (χ3n) is 3.01. The molecule has 0 saturated carbocycles. The number of amides is 1. The summed E-state index contributed by atoms with van der Waals surface area (Å²) < 4.78 is 0. The number of nitrogens with zero attached hydrogens (tertiary/aromatic N) is 1. The number of aryl methyl sites for hydroxylation is 1. The van der Waals surface area contributed by atoms with Gasteiger partial charge in [-0.15, -0.1) is 0 Å². The minimum Gasteiger partial charge on any atom is -0.370 e. The molecule has 22 heavy (non-hydrogen) atoms. The first-order valence-electron chi connectivity index (χ1n) is 7.12. The first-order chi connectivity index (χ1) is 10.6. The van der Waals surface area contributed by atoms with Gasteiger partial charge in [-0.2, -0.15) is 0 Å². The van der Waals surface area contributed by atoms with Gasteiger partial charge < -0.3 is 16.4 Å². The fourth-order valence-corrected chi connectivity index (χ4v) is 1.95. The van der Waals surface area contributed by atoms with Crippen LogP contribution in [0.1, 0.15) is 15.9 Å². The summed E-state index contributed by atoms with van der Waals surface area (Å²) in [5.74, 6) is 0.223. The Kier molecular flexibility index (Phi) is 5.54. The minimum absolute atomic E-state index is 0.110. The van der Waals surface area contributed by atoms with E-state index in [0.29, 0.717) is 24.6 Å². The van der Waals surface area contributed by atoms with E-state index < -0.39 is 0 Å². The number of anilines is 1. The first kappa shape index (κ1) is 15.6. The molecule has 0 unspecified atom stereocenters. The van der Waals surface area contributed by atoms with E-state index in [1.54, 1.807) is 12.1 Å². The summed E-state index contributed by atoms with van der Waals surface area (Å²) in [5, 5.41) is 5.82. The first-order valence-corrected chi connectivity index (χ1v) is 7.12. The Morgan fingerprint density at radius 1 is 1.14 bits per heavy atom. The summed E-state index contributed by atoms with van der Waals surface area (Å²) in [6.45, 7) is 2.87. The van der Waals surface area contributed by atoms with Crippen LogP contribution in [0, 0.1) is 6.92 Å². The maximum absolute atomic E-state index is 11.8. The molecule has 0 fully saturated rings. The largest absolute Gasteiger partial charge is 0.370 e. The van der Waals surface area contributed by atoms with Crippen molar-refractivity contribution in [2.24, 2.45) is 10.7 Å². The van der Waals surface area contributed by atoms with Crippen LogP contribution in [0.25, 0.3) is 0 Å². The number of hydrogen-bond donors (Lipinski definition) is 3. The lowest BCUT2D eigenvalue weighted by Crippen LogP contribution is -2.28. The van der Waals surface area contributed by atoms with Gasteiger partial charge in [-0.3, -0.25) is 9.79 Å². The van der Waals surface area contributed by atoms with Crippen molar-refractivity contribution in [3.63, 3.8) is 0 Å². The van der Waals surface area contributed by atoms with E-state index in [2.05, 4.69) is 15.6 Å². The monoisotopic (exact) mass is 296 g/mol. The highest BCUT2D eigenvalue weighted by atomic mass is 16.1. The Morgan fingerprint density at radius 2 is 1.91 bits per heavy atom. The van der Waals surface area contributed by atoms with Crippen molar-refractivity contribution >= 4 is 17.6 Å². The molecule has 5 heteroatoms. The molecular formula is C17H20N4O. The zero-order chi connectivity index (χ0) is 15.8. The number of guanidine groups is 1. The molecule has 0 atom stereocenters. The molecule has 0 saturated heterocycles. The van der Waals surface area contributed by atoms with Gasteiger partial charge in [0.25, 0.3) is 5.91 Å². The Bertz CT molecular complexity index is 653. The molecule has 4 N–H and O–H groups in total. The Morgan fingerprint density at radius 3 is 2.64 bits per heavy atom. The smallest absolute Gasteiger partial charge is 0.251 e. The van der Waals surface area contributed by atoms with E-state index in [-0.39, 0.29) is 5.91 Å². The molecule has 0 radical (unpaired) electrons. The number of aliphatic imine (C=N–C) groups is 1. The average molecular weight is 296 g/mol. The quantitative estimate of drug-likeness (QED) is 0.449. The minimum atomic E-state index is -0.110. The fourth-order valence-electron chi connectivity index (χ4n) is 1.95. The van der Waals surface area contributed by atoms with E-state index in [1.807, 2.05) is 49.4 Å². The van der Waals surface area contributed by atoms with Crippen molar-refractivity contribution in [1.29, 1.82) is 0 Å². The topological polar surface area (TPSA) is 79.5 Å². The molecule has 0 aliphatic heterocycles. The van der Waals surface area contributed by atoms with Crippen LogP contribution in [0.15, 0.2) is 59.6 Å². The molecule has 2 aromatic rings. The predicted octanol–water partition coefficient (Wildman–Crippen LogP) is 2.15. The van der Waals surface area contributed by atoms with Crippen LogP contribution in [0.5, 0.6) is 0 Å². The molecule has 5 nitrogen and oxygen atoms in total. The molecule has 2 aromatic carbocycles. The molecule has 2 rings (SSSR count). The van der Waals surface area contributed by atoms with Crippen LogP contribution >= 0.6 is 0 Å². The predicted molar refractivity (Wildman–Crippen MR) is 90.1 cm³/mol. The van der Waals surface area contributed by atoms with Gasteiger partial charge in [0.15, 0.2) is 5.96 Å². The van der Waals surface area contributed by atoms with Crippen LogP contribution < -0.4 is 16.4 Å². The number of nitrogens with two attached hydrogens (primary N) is 1. The van der Waals surface area contributed by atoms with Gasteiger partial charge >= 0.3 is 0 Å². The number of hydrogen-bond acceptors (Lipinski definition) is 2. The third-order valence-corrected chi connectivity index (χ3v) is 3.01. The lowest BCUT2D eigenvalue weighted by Gasteiger charge is -2.07. The highest BCUT2D eigenvalue weighted by molar-refractivity contribution is 5.94. The second kappa shape index (κ2) is 7.83. The number of carbonyl (C=O) groups is 1. The zero-order valence-electron chi connectivity index (χ0n) is 12.5. The summed E-state index contributed by atoms with van der Waals surface area (Å²) in [7, 11) is 0. The molecule has 0 aliphatic carbocycles. The Hall–Kier alpha value is -2.82. The second-order valence-corrected chi connectivity index (χ2v) is 4.88. The molecule has 0 bridgehead atoms. The van der Waals surface area contributed by atoms with Crippen molar-refractivity contribution in [2.45, 2.75) is 6.92 Å². The molecule has 0 spiro atoms. The Labute approximate surface area is 130 Å². The van der Waals surface area contributed by atoms with E-state index in [4.69, 9.17) is 5.73 Å². The molecule has 0 aromatic heterocycles. The highest BCUT2D eigenvalue weighted by Crippen LogP contribution is 2.08. The second-order valence-electron chi connectivity index (χ2n) is 4.88. The SMILES string of the molecule is Cc1cccc(NC(N)=NCCNC(=O)c2ccccc2)c1. The van der Waals surface area contributed by atoms with Crippen molar-refractivity contribution < 1.29 is 4.79 Å². The van der Waals surface area contributed by atoms with E-state index >= 15 is 0 Å². The average Bonchev–Trinajstić information content (AvgIpc) is 2.52. The summed E-state index contributed by atoms with van der Waals surface area (Å²) in [4.78, 5) is 16.0. The van der Waals surface area contributed by atoms with Crippen LogP contribution in [-0.2, 0) is 0 Å². The van der Waals surface area contributed by atoms with Gasteiger partial charge in [0.1, 0.15) is 0 Å². The maximum Gasteiger partial charge on any atom is 0.251 e. The summed E-state index contributed by atoms with van der Waals surface area (Å²) >= 11 is 0. The fraction of sp³-hybridized carbons (Fsp3) is 0.176. The number of benzene rings is 2. The van der Waals surface area contributed by atoms with Gasteiger partial charge in [-0.1, -0.05) is 30.3 Å². The Balaban J connectivity index is 1.76. The van der Waals surface area contributed by atoms with Crippen LogP contribution in [0.3, 0.4) is 0 Å². The normalized spacial score (nSPS) is 11.0. The van der Waals surface area contributed by atoms with Gasteiger partial charge in [0, 0.05) is 17.8 Å². The van der Waals surface area contributed by atoms with Gasteiger partial charge in [0.05, 0.1) is 6.54 Å². The molecule has 1 amide bonds. The third kappa shape index (κ3) is 4.94. The van der Waals surface area contributed by atoms with Crippen molar-refractivity contribution in [2.75, 3.05) is 18.4 Å². The van der Waals surface area contributed by atoms with Gasteiger partial charge in [0.2, 0.25) is 0 Å². The van der Waals surface area contributed by atoms with Crippen LogP contribution in [0.2, 0.25) is 0 Å². The number of rotatable bonds is 5. The molecule has 0 heterocycles. The standard InChI is InChI=1S/C17H20N4O/c1-13-6-5-9-15(12-13)21-17(18)20-11-10-19-16(22)14-7-3-2-4-8-14/h2-9,12H,10-11H2,1H3,(H,19,22)(H3,18,20,21). The summed E-state index contributed by atoms with van der Waals surface area (Å²) in [6.07, 6.45) is 0. The van der Waals surface area contributed by atoms with Gasteiger partial charge in [-0.25, -0.2) is 0 Å². The maximum atomic E-state index is 11.8. The summed E-state index contributed by atoms with van der Waals surface area (Å²) in [6, 6.07) is 16.9. The lowest BCUT2D eigenvalue weighted by atomic mass is 10.2. The van der Waals surface area contributed by atoms with E-state index in [1.165, 1.54) is 0 Å². The van der Waals surface area contributed by atoms with Gasteiger partial charge in [-0.05, 0) is 36.8 Å². The van der Waals surface area contributed by atoms with Crippen LogP contribution in [0.4, 0.5) is 5.69 Å². The van der Waals surface area contributed by atoms with Crippen molar-refractivity contribution in [3.8, 4) is 0 Å². The number of nitrogens with one attached hydrogen (secondary N) is 2. The molecule has 114 valence electrons. The van der Waals surface area contributed by atoms with E-state index in [9.17, 15) is 4.79 Å². The highest BCUT2D eigenvalue weighted by Gasteiger charge is 2.02. The zero-order valence-corrected chi connectivity index (χ0v) is 12.5. The number of carbonyl (C=O) groups excluding carboxylic acids is 1.